The fourth-order valence-corrected chi connectivity index (χ4v) is 1.95. The molecule has 0 aliphatic heterocycles. The summed E-state index contributed by atoms with van der Waals surface area (Å²) in [6.07, 6.45) is 0. The van der Waals surface area contributed by atoms with E-state index in [4.69, 9.17) is 9.66 Å². The van der Waals surface area contributed by atoms with Crippen molar-refractivity contribution in [1.29, 1.82) is 0 Å². The molecule has 106 valence electrons. The number of anilines is 2. The molecule has 2 amide bonds. The van der Waals surface area contributed by atoms with Crippen molar-refractivity contribution in [3.8, 4) is 0 Å². The number of aromatic nitrogens is 1. The molecule has 0 atom stereocenters. The first-order valence-corrected chi connectivity index (χ1v) is 7.03. The predicted molar refractivity (Wildman–Crippen MR) is 71.7 cm³/mol. The number of nitrogens with zero attached hydrogens (tertiary/aromatic N) is 1. The molecule has 0 spiro atoms. The summed E-state index contributed by atoms with van der Waals surface area (Å²) in [5, 5.41) is 13.5. The van der Waals surface area contributed by atoms with Crippen molar-refractivity contribution < 1.29 is 17.7 Å². The van der Waals surface area contributed by atoms with Gasteiger partial charge in [0.25, 0.3) is 0 Å². The minimum atomic E-state index is -3.74. The Morgan fingerprint density at radius 3 is 2.40 bits per heavy atom. The molecular weight excluding hydrogens is 284 g/mol. The van der Waals surface area contributed by atoms with Crippen LogP contribution in [-0.4, -0.2) is 19.6 Å². The van der Waals surface area contributed by atoms with E-state index in [1.54, 1.807) is 13.0 Å². The maximum atomic E-state index is 11.6. The van der Waals surface area contributed by atoms with Gasteiger partial charge >= 0.3 is 6.03 Å². The van der Waals surface area contributed by atoms with E-state index in [1.165, 1.54) is 24.3 Å². The molecule has 0 bridgehead atoms. The van der Waals surface area contributed by atoms with E-state index in [0.717, 1.165) is 0 Å². The van der Waals surface area contributed by atoms with Gasteiger partial charge in [0.1, 0.15) is 5.76 Å². The topological polar surface area (TPSA) is 127 Å². The second-order valence-corrected chi connectivity index (χ2v) is 5.53. The van der Waals surface area contributed by atoms with E-state index in [-0.39, 0.29) is 10.7 Å². The number of benzene rings is 1. The molecule has 0 saturated carbocycles. The van der Waals surface area contributed by atoms with Crippen LogP contribution in [0.2, 0.25) is 0 Å². The number of aryl methyl sites for hydroxylation is 1. The molecule has 0 radical (unpaired) electrons. The second kappa shape index (κ2) is 5.31. The smallest absolute Gasteiger partial charge is 0.324 e. The number of hydrogen-bond acceptors (Lipinski definition) is 5. The average Bonchev–Trinajstić information content (AvgIpc) is 2.74. The van der Waals surface area contributed by atoms with Crippen molar-refractivity contribution >= 4 is 27.6 Å². The fourth-order valence-electron chi connectivity index (χ4n) is 1.43. The van der Waals surface area contributed by atoms with Gasteiger partial charge in [-0.15, -0.1) is 0 Å². The van der Waals surface area contributed by atoms with E-state index in [0.29, 0.717) is 11.4 Å². The van der Waals surface area contributed by atoms with E-state index in [9.17, 15) is 13.2 Å². The zero-order valence-corrected chi connectivity index (χ0v) is 11.3. The van der Waals surface area contributed by atoms with Crippen LogP contribution in [0.25, 0.3) is 0 Å². The number of urea groups is 1. The first-order chi connectivity index (χ1) is 9.34. The van der Waals surface area contributed by atoms with Crippen LogP contribution in [0, 0.1) is 6.92 Å². The quantitative estimate of drug-likeness (QED) is 0.786. The van der Waals surface area contributed by atoms with E-state index in [2.05, 4.69) is 15.8 Å². The summed E-state index contributed by atoms with van der Waals surface area (Å²) >= 11 is 0. The normalized spacial score (nSPS) is 11.1. The molecule has 2 rings (SSSR count). The van der Waals surface area contributed by atoms with Gasteiger partial charge in [-0.1, -0.05) is 5.16 Å². The first kappa shape index (κ1) is 14.0. The monoisotopic (exact) mass is 296 g/mol. The lowest BCUT2D eigenvalue weighted by atomic mass is 10.3. The summed E-state index contributed by atoms with van der Waals surface area (Å²) in [6, 6.07) is 6.47. The largest absolute Gasteiger partial charge is 0.360 e. The number of carbonyl (C=O) groups is 1. The van der Waals surface area contributed by atoms with Crippen LogP contribution in [0.4, 0.5) is 16.3 Å². The Balaban J connectivity index is 2.01. The highest BCUT2D eigenvalue weighted by Crippen LogP contribution is 2.13. The lowest BCUT2D eigenvalue weighted by Crippen LogP contribution is -2.19. The van der Waals surface area contributed by atoms with Crippen LogP contribution in [0.3, 0.4) is 0 Å². The highest BCUT2D eigenvalue weighted by Gasteiger charge is 2.09. The summed E-state index contributed by atoms with van der Waals surface area (Å²) in [4.78, 5) is 11.6. The lowest BCUT2D eigenvalue weighted by Gasteiger charge is -2.05. The highest BCUT2D eigenvalue weighted by molar-refractivity contribution is 7.89. The molecule has 20 heavy (non-hydrogen) atoms. The number of nitrogens with two attached hydrogens (primary N) is 1. The van der Waals surface area contributed by atoms with Crippen molar-refractivity contribution in [2.45, 2.75) is 11.8 Å². The fraction of sp³-hybridized carbons (Fsp3) is 0.0909. The van der Waals surface area contributed by atoms with Crippen LogP contribution < -0.4 is 15.8 Å². The molecule has 0 saturated heterocycles. The Kier molecular flexibility index (Phi) is 3.72. The molecule has 1 aromatic carbocycles. The zero-order chi connectivity index (χ0) is 14.8. The van der Waals surface area contributed by atoms with Gasteiger partial charge in [-0.2, -0.15) is 0 Å². The number of nitrogens with one attached hydrogen (secondary N) is 2. The first-order valence-electron chi connectivity index (χ1n) is 5.49. The van der Waals surface area contributed by atoms with Crippen LogP contribution in [-0.2, 0) is 10.0 Å². The van der Waals surface area contributed by atoms with Crippen LogP contribution >= 0.6 is 0 Å². The molecule has 2 aromatic rings. The van der Waals surface area contributed by atoms with E-state index in [1.807, 2.05) is 0 Å². The van der Waals surface area contributed by atoms with Crippen LogP contribution in [0.5, 0.6) is 0 Å². The lowest BCUT2D eigenvalue weighted by molar-refractivity contribution is 0.262. The van der Waals surface area contributed by atoms with Crippen molar-refractivity contribution in [3.05, 3.63) is 36.1 Å². The summed E-state index contributed by atoms with van der Waals surface area (Å²) in [7, 11) is -3.74. The maximum Gasteiger partial charge on any atom is 0.324 e. The van der Waals surface area contributed by atoms with Crippen molar-refractivity contribution in [2.75, 3.05) is 10.6 Å². The Hall–Kier alpha value is -2.39. The van der Waals surface area contributed by atoms with Gasteiger partial charge in [0.2, 0.25) is 10.0 Å². The zero-order valence-electron chi connectivity index (χ0n) is 10.5. The summed E-state index contributed by atoms with van der Waals surface area (Å²) < 4.78 is 26.9. The highest BCUT2D eigenvalue weighted by atomic mass is 32.2. The summed E-state index contributed by atoms with van der Waals surface area (Å²) in [5.41, 5.74) is 0.412. The predicted octanol–water partition coefficient (Wildman–Crippen LogP) is 1.27. The Bertz CT molecular complexity index is 721. The molecule has 0 aliphatic rings. The van der Waals surface area contributed by atoms with Crippen LogP contribution in [0.15, 0.2) is 39.8 Å². The molecular formula is C11H12N4O4S. The molecule has 8 nitrogen and oxygen atoms in total. The molecule has 1 heterocycles. The molecule has 4 N–H and O–H groups in total. The number of amides is 2. The van der Waals surface area contributed by atoms with Gasteiger partial charge in [0.05, 0.1) is 4.90 Å². The van der Waals surface area contributed by atoms with E-state index >= 15 is 0 Å². The number of hydrogen-bond donors (Lipinski definition) is 3. The molecule has 0 fully saturated rings. The minimum absolute atomic E-state index is 0.0319. The molecule has 0 aliphatic carbocycles. The van der Waals surface area contributed by atoms with Crippen molar-refractivity contribution in [3.63, 3.8) is 0 Å². The molecule has 0 unspecified atom stereocenters. The molecule has 9 heteroatoms. The number of carbonyl (C=O) groups excluding carboxylic acids is 1. The average molecular weight is 296 g/mol. The van der Waals surface area contributed by atoms with Gasteiger partial charge < -0.3 is 9.84 Å². The SMILES string of the molecule is Cc1cc(NC(=O)Nc2ccc(S(N)(=O)=O)cc2)no1. The number of primary sulfonamides is 1. The van der Waals surface area contributed by atoms with Crippen molar-refractivity contribution in [2.24, 2.45) is 5.14 Å². The van der Waals surface area contributed by atoms with Gasteiger partial charge in [-0.05, 0) is 31.2 Å². The third-order valence-electron chi connectivity index (χ3n) is 2.31. The summed E-state index contributed by atoms with van der Waals surface area (Å²) in [6.45, 7) is 1.70. The van der Waals surface area contributed by atoms with E-state index < -0.39 is 16.1 Å². The van der Waals surface area contributed by atoms with Gasteiger partial charge in [0, 0.05) is 11.8 Å². The Morgan fingerprint density at radius 1 is 1.25 bits per heavy atom. The van der Waals surface area contributed by atoms with Crippen molar-refractivity contribution in [1.82, 2.24) is 5.16 Å². The Morgan fingerprint density at radius 2 is 1.90 bits per heavy atom. The number of sulfonamides is 1. The number of rotatable bonds is 3. The van der Waals surface area contributed by atoms with Gasteiger partial charge in [-0.3, -0.25) is 5.32 Å². The summed E-state index contributed by atoms with van der Waals surface area (Å²) in [5.74, 6) is 0.846. The van der Waals surface area contributed by atoms with Gasteiger partial charge in [-0.25, -0.2) is 18.4 Å². The maximum absolute atomic E-state index is 11.6. The minimum Gasteiger partial charge on any atom is -0.360 e. The van der Waals surface area contributed by atoms with Gasteiger partial charge in [0.15, 0.2) is 5.82 Å². The standard InChI is InChI=1S/C11H12N4O4S/c1-7-6-10(15-19-7)14-11(16)13-8-2-4-9(5-3-8)20(12,17)18/h2-6H,1H3,(H2,12,17,18)(H2,13,14,15,16). The third kappa shape index (κ3) is 3.56. The molecule has 1 aromatic heterocycles. The third-order valence-corrected chi connectivity index (χ3v) is 3.24. The Labute approximate surface area is 115 Å². The van der Waals surface area contributed by atoms with Crippen LogP contribution in [0.1, 0.15) is 5.76 Å². The second-order valence-electron chi connectivity index (χ2n) is 3.97.